The Morgan fingerprint density at radius 1 is 1.32 bits per heavy atom. The van der Waals surface area contributed by atoms with Gasteiger partial charge in [0.15, 0.2) is 0 Å². The van der Waals surface area contributed by atoms with Crippen LogP contribution in [0.25, 0.3) is 0 Å². The van der Waals surface area contributed by atoms with Crippen LogP contribution >= 0.6 is 0 Å². The highest BCUT2D eigenvalue weighted by Gasteiger charge is 2.50. The molecule has 4 rings (SSSR count). The van der Waals surface area contributed by atoms with Gasteiger partial charge in [-0.15, -0.1) is 0 Å². The maximum atomic E-state index is 13.2. The predicted molar refractivity (Wildman–Crippen MR) is 94.4 cm³/mol. The van der Waals surface area contributed by atoms with Crippen LogP contribution in [0.5, 0.6) is 0 Å². The molecule has 2 fully saturated rings. The summed E-state index contributed by atoms with van der Waals surface area (Å²) >= 11 is 0. The van der Waals surface area contributed by atoms with E-state index in [1.165, 1.54) is 0 Å². The van der Waals surface area contributed by atoms with E-state index < -0.39 is 0 Å². The molecule has 0 aromatic heterocycles. The second-order valence-electron chi connectivity index (χ2n) is 7.82. The summed E-state index contributed by atoms with van der Waals surface area (Å²) < 4.78 is 5.70. The fraction of sp³-hybridized carbons (Fsp3) is 0.600. The number of nitrogens with zero attached hydrogens (tertiary/aromatic N) is 2. The molecule has 1 aliphatic carbocycles. The Kier molecular flexibility index (Phi) is 4.07. The molecule has 134 valence electrons. The summed E-state index contributed by atoms with van der Waals surface area (Å²) in [6.07, 6.45) is 3.60. The van der Waals surface area contributed by atoms with Crippen molar-refractivity contribution in [1.29, 1.82) is 0 Å². The van der Waals surface area contributed by atoms with Crippen LogP contribution in [0.1, 0.15) is 48.0 Å². The third-order valence-electron chi connectivity index (χ3n) is 6.14. The van der Waals surface area contributed by atoms with Crippen molar-refractivity contribution in [2.45, 2.75) is 38.2 Å². The largest absolute Gasteiger partial charge is 0.378 e. The van der Waals surface area contributed by atoms with Crippen LogP contribution in [-0.2, 0) is 9.53 Å². The number of fused-ring (bicyclic) bond motifs is 1. The Hall–Kier alpha value is -1.88. The van der Waals surface area contributed by atoms with Crippen molar-refractivity contribution in [2.75, 3.05) is 33.3 Å². The molecule has 0 radical (unpaired) electrons. The van der Waals surface area contributed by atoms with E-state index in [0.29, 0.717) is 18.2 Å². The summed E-state index contributed by atoms with van der Waals surface area (Å²) in [6.45, 7) is 4.94. The molecule has 5 heteroatoms. The van der Waals surface area contributed by atoms with Crippen molar-refractivity contribution < 1.29 is 14.3 Å². The first-order valence-corrected chi connectivity index (χ1v) is 9.28. The Labute approximate surface area is 148 Å². The number of benzene rings is 1. The highest BCUT2D eigenvalue weighted by atomic mass is 16.5. The summed E-state index contributed by atoms with van der Waals surface area (Å²) in [6, 6.07) is 7.55. The maximum absolute atomic E-state index is 13.2. The van der Waals surface area contributed by atoms with Gasteiger partial charge in [0, 0.05) is 38.9 Å². The van der Waals surface area contributed by atoms with Gasteiger partial charge in [0.1, 0.15) is 0 Å². The van der Waals surface area contributed by atoms with Crippen LogP contribution < -0.4 is 0 Å². The molecule has 0 bridgehead atoms. The number of amides is 2. The molecule has 1 atom stereocenters. The van der Waals surface area contributed by atoms with Crippen LogP contribution in [0.3, 0.4) is 0 Å². The molecule has 1 aromatic carbocycles. The number of hydrogen-bond acceptors (Lipinski definition) is 3. The Balaban J connectivity index is 1.49. The topological polar surface area (TPSA) is 49.9 Å². The minimum Gasteiger partial charge on any atom is -0.378 e. The number of likely N-dealkylation sites (N-methyl/N-ethyl adjacent to an activating group) is 1. The van der Waals surface area contributed by atoms with Gasteiger partial charge in [-0.2, -0.15) is 0 Å². The van der Waals surface area contributed by atoms with E-state index in [4.69, 9.17) is 4.74 Å². The predicted octanol–water partition coefficient (Wildman–Crippen LogP) is 2.27. The molecule has 1 spiro atoms. The second kappa shape index (κ2) is 6.13. The van der Waals surface area contributed by atoms with Gasteiger partial charge in [-0.3, -0.25) is 9.59 Å². The highest BCUT2D eigenvalue weighted by Crippen LogP contribution is 2.50. The summed E-state index contributed by atoms with van der Waals surface area (Å²) in [5, 5.41) is 0. The number of rotatable bonds is 3. The van der Waals surface area contributed by atoms with Gasteiger partial charge in [0.2, 0.25) is 5.91 Å². The van der Waals surface area contributed by atoms with E-state index in [1.54, 1.807) is 11.9 Å². The van der Waals surface area contributed by atoms with Crippen molar-refractivity contribution in [1.82, 2.24) is 9.80 Å². The number of carbonyl (C=O) groups is 2. The average Bonchev–Trinajstić information content (AvgIpc) is 3.03. The van der Waals surface area contributed by atoms with Gasteiger partial charge < -0.3 is 14.5 Å². The molecule has 1 saturated carbocycles. The van der Waals surface area contributed by atoms with Gasteiger partial charge in [0.05, 0.1) is 12.0 Å². The SMILES string of the molecule is CCOC1CC2(CCN(C(=O)C3CN(C)C(=O)c4ccccc43)C2)C1. The quantitative estimate of drug-likeness (QED) is 0.847. The molecular weight excluding hydrogens is 316 g/mol. The average molecular weight is 342 g/mol. The third kappa shape index (κ3) is 2.74. The summed E-state index contributed by atoms with van der Waals surface area (Å²) in [5.41, 5.74) is 1.83. The summed E-state index contributed by atoms with van der Waals surface area (Å²) in [4.78, 5) is 29.2. The molecule has 5 nitrogen and oxygen atoms in total. The zero-order valence-electron chi connectivity index (χ0n) is 15.0. The Morgan fingerprint density at radius 2 is 2.08 bits per heavy atom. The lowest BCUT2D eigenvalue weighted by atomic mass is 9.66. The third-order valence-corrected chi connectivity index (χ3v) is 6.14. The molecule has 1 unspecified atom stereocenters. The van der Waals surface area contributed by atoms with Crippen LogP contribution in [0, 0.1) is 5.41 Å². The lowest BCUT2D eigenvalue weighted by Crippen LogP contribution is -2.47. The van der Waals surface area contributed by atoms with E-state index in [0.717, 1.165) is 44.5 Å². The molecule has 25 heavy (non-hydrogen) atoms. The van der Waals surface area contributed by atoms with Crippen molar-refractivity contribution >= 4 is 11.8 Å². The summed E-state index contributed by atoms with van der Waals surface area (Å²) in [7, 11) is 1.78. The van der Waals surface area contributed by atoms with Gasteiger partial charge in [-0.05, 0) is 43.2 Å². The lowest BCUT2D eigenvalue weighted by Gasteiger charge is -2.44. The first-order valence-electron chi connectivity index (χ1n) is 9.28. The molecule has 0 N–H and O–H groups in total. The van der Waals surface area contributed by atoms with Crippen LogP contribution in [-0.4, -0.2) is 61.0 Å². The van der Waals surface area contributed by atoms with Gasteiger partial charge in [-0.1, -0.05) is 18.2 Å². The molecule has 1 aromatic rings. The fourth-order valence-corrected chi connectivity index (χ4v) is 4.80. The zero-order chi connectivity index (χ0) is 17.6. The number of hydrogen-bond donors (Lipinski definition) is 0. The van der Waals surface area contributed by atoms with Crippen molar-refractivity contribution in [2.24, 2.45) is 5.41 Å². The Morgan fingerprint density at radius 3 is 2.84 bits per heavy atom. The molecule has 2 aliphatic heterocycles. The first kappa shape index (κ1) is 16.6. The number of ether oxygens (including phenoxy) is 1. The molecule has 2 amide bonds. The molecule has 1 saturated heterocycles. The van der Waals surface area contributed by atoms with Gasteiger partial charge >= 0.3 is 0 Å². The number of carbonyl (C=O) groups excluding carboxylic acids is 2. The molecular formula is C20H26N2O3. The zero-order valence-corrected chi connectivity index (χ0v) is 15.0. The van der Waals surface area contributed by atoms with E-state index >= 15 is 0 Å². The van der Waals surface area contributed by atoms with E-state index in [-0.39, 0.29) is 23.1 Å². The maximum Gasteiger partial charge on any atom is 0.253 e. The van der Waals surface area contributed by atoms with Crippen molar-refractivity contribution in [3.63, 3.8) is 0 Å². The normalized spacial score (nSPS) is 31.2. The van der Waals surface area contributed by atoms with Gasteiger partial charge in [-0.25, -0.2) is 0 Å². The fourth-order valence-electron chi connectivity index (χ4n) is 4.80. The molecule has 2 heterocycles. The Bertz CT molecular complexity index is 696. The monoisotopic (exact) mass is 342 g/mol. The van der Waals surface area contributed by atoms with E-state index in [1.807, 2.05) is 36.1 Å². The van der Waals surface area contributed by atoms with Gasteiger partial charge in [0.25, 0.3) is 5.91 Å². The minimum absolute atomic E-state index is 0.0103. The van der Waals surface area contributed by atoms with Crippen molar-refractivity contribution in [3.05, 3.63) is 35.4 Å². The molecule has 3 aliphatic rings. The second-order valence-corrected chi connectivity index (χ2v) is 7.82. The number of likely N-dealkylation sites (tertiary alicyclic amines) is 1. The van der Waals surface area contributed by atoms with Crippen LogP contribution in [0.2, 0.25) is 0 Å². The standard InChI is InChI=1S/C20H26N2O3/c1-3-25-14-10-20(11-14)8-9-22(13-20)19(24)17-12-21(2)18(23)16-7-5-4-6-15(16)17/h4-7,14,17H,3,8-13H2,1-2H3. The van der Waals surface area contributed by atoms with E-state index in [9.17, 15) is 9.59 Å². The van der Waals surface area contributed by atoms with Crippen LogP contribution in [0.15, 0.2) is 24.3 Å². The minimum atomic E-state index is -0.239. The summed E-state index contributed by atoms with van der Waals surface area (Å²) in [5.74, 6) is -0.0589. The van der Waals surface area contributed by atoms with Crippen molar-refractivity contribution in [3.8, 4) is 0 Å². The van der Waals surface area contributed by atoms with E-state index in [2.05, 4.69) is 0 Å². The smallest absolute Gasteiger partial charge is 0.253 e. The van der Waals surface area contributed by atoms with Crippen LogP contribution in [0.4, 0.5) is 0 Å². The first-order chi connectivity index (χ1) is 12.0. The lowest BCUT2D eigenvalue weighted by molar-refractivity contribution is -0.134. The highest BCUT2D eigenvalue weighted by molar-refractivity contribution is 6.00.